The first-order valence-corrected chi connectivity index (χ1v) is 22.2. The van der Waals surface area contributed by atoms with Crippen LogP contribution >= 0.6 is 0 Å². The molecule has 4 N–H and O–H groups in total. The van der Waals surface area contributed by atoms with Crippen LogP contribution in [-0.4, -0.2) is 101 Å². The lowest BCUT2D eigenvalue weighted by Gasteiger charge is -2.44. The van der Waals surface area contributed by atoms with Gasteiger partial charge in [-0.3, -0.25) is 24.0 Å². The van der Waals surface area contributed by atoms with E-state index >= 15 is 0 Å². The van der Waals surface area contributed by atoms with Crippen LogP contribution in [0.1, 0.15) is 111 Å². The molecule has 2 aromatic rings. The van der Waals surface area contributed by atoms with Gasteiger partial charge < -0.3 is 40.5 Å². The molecule has 15 nitrogen and oxygen atoms in total. The van der Waals surface area contributed by atoms with Gasteiger partial charge in [-0.2, -0.15) is 0 Å². The van der Waals surface area contributed by atoms with Crippen LogP contribution in [0.25, 0.3) is 0 Å². The first kappa shape index (κ1) is 49.2. The van der Waals surface area contributed by atoms with Crippen molar-refractivity contribution in [2.45, 2.75) is 143 Å². The van der Waals surface area contributed by atoms with E-state index in [-0.39, 0.29) is 44.0 Å². The topological polar surface area (TPSA) is 193 Å². The largest absolute Gasteiger partial charge is 0.461 e. The van der Waals surface area contributed by atoms with Crippen molar-refractivity contribution in [3.63, 3.8) is 0 Å². The Bertz CT molecular complexity index is 1810. The average Bonchev–Trinajstić information content (AvgIpc) is 3.80. The number of carbonyl (C=O) groups is 7. The number of hydrogen-bond donors (Lipinski definition) is 4. The van der Waals surface area contributed by atoms with Crippen LogP contribution in [0.5, 0.6) is 0 Å². The molecule has 2 fully saturated rings. The predicted molar refractivity (Wildman–Crippen MR) is 234 cm³/mol. The smallest absolute Gasteiger partial charge is 0.328 e. The van der Waals surface area contributed by atoms with Gasteiger partial charge in [-0.25, -0.2) is 9.59 Å². The zero-order chi connectivity index (χ0) is 45.4. The third-order valence-electron chi connectivity index (χ3n) is 11.4. The van der Waals surface area contributed by atoms with Gasteiger partial charge in [0.2, 0.25) is 23.6 Å². The highest BCUT2D eigenvalue weighted by atomic mass is 16.5. The number of nitrogens with one attached hydrogen (secondary N) is 4. The number of benzene rings is 2. The summed E-state index contributed by atoms with van der Waals surface area (Å²) in [6, 6.07) is 12.2. The molecule has 2 saturated heterocycles. The summed E-state index contributed by atoms with van der Waals surface area (Å²) in [7, 11) is 0. The number of urea groups is 1. The van der Waals surface area contributed by atoms with Crippen molar-refractivity contribution >= 4 is 41.6 Å². The van der Waals surface area contributed by atoms with E-state index in [9.17, 15) is 33.6 Å². The van der Waals surface area contributed by atoms with Gasteiger partial charge in [0, 0.05) is 25.7 Å². The van der Waals surface area contributed by atoms with Crippen LogP contribution in [0.4, 0.5) is 4.79 Å². The molecule has 5 atom stereocenters. The van der Waals surface area contributed by atoms with Gasteiger partial charge in [-0.1, -0.05) is 109 Å². The zero-order valence-electron chi connectivity index (χ0n) is 37.6. The number of esters is 2. The molecule has 0 unspecified atom stereocenters. The van der Waals surface area contributed by atoms with Crippen LogP contribution in [0.15, 0.2) is 60.7 Å². The van der Waals surface area contributed by atoms with E-state index in [0.717, 1.165) is 18.4 Å². The van der Waals surface area contributed by atoms with E-state index in [4.69, 9.17) is 9.47 Å². The number of piperidine rings is 1. The Kier molecular flexibility index (Phi) is 18.8. The monoisotopic (exact) mass is 861 g/mol. The number of rotatable bonds is 19. The van der Waals surface area contributed by atoms with E-state index in [1.165, 1.54) is 4.90 Å². The van der Waals surface area contributed by atoms with Gasteiger partial charge >= 0.3 is 18.0 Å². The second kappa shape index (κ2) is 23.7. The second-order valence-corrected chi connectivity index (χ2v) is 17.9. The van der Waals surface area contributed by atoms with Crippen LogP contribution in [0, 0.1) is 17.3 Å². The number of likely N-dealkylation sites (tertiary alicyclic amines) is 2. The molecular weight excluding hydrogens is 793 g/mol. The number of amides is 6. The zero-order valence-corrected chi connectivity index (χ0v) is 37.6. The van der Waals surface area contributed by atoms with E-state index in [1.54, 1.807) is 62.1 Å². The molecule has 0 spiro atoms. The van der Waals surface area contributed by atoms with Crippen LogP contribution in [0.3, 0.4) is 0 Å². The number of hydrogen-bond acceptors (Lipinski definition) is 9. The Balaban J connectivity index is 1.67. The van der Waals surface area contributed by atoms with Crippen molar-refractivity contribution in [3.05, 3.63) is 71.8 Å². The van der Waals surface area contributed by atoms with Gasteiger partial charge in [0.05, 0.1) is 12.3 Å². The Labute approximate surface area is 366 Å². The molecule has 0 saturated carbocycles. The Morgan fingerprint density at radius 1 is 0.726 bits per heavy atom. The lowest BCUT2D eigenvalue weighted by Crippen LogP contribution is -2.66. The van der Waals surface area contributed by atoms with Gasteiger partial charge in [0.1, 0.15) is 37.4 Å². The van der Waals surface area contributed by atoms with Crippen LogP contribution in [-0.2, 0) is 51.5 Å². The molecule has 340 valence electrons. The maximum Gasteiger partial charge on any atom is 0.328 e. The highest BCUT2D eigenvalue weighted by molar-refractivity contribution is 5.99. The molecule has 2 aliphatic heterocycles. The summed E-state index contributed by atoms with van der Waals surface area (Å²) in [5, 5.41) is 11.2. The molecular formula is C47H68N6O9. The summed E-state index contributed by atoms with van der Waals surface area (Å²) in [6.07, 6.45) is 3.26. The minimum atomic E-state index is -1.58. The van der Waals surface area contributed by atoms with Gasteiger partial charge in [0.15, 0.2) is 0 Å². The minimum absolute atomic E-state index is 0.0298. The van der Waals surface area contributed by atoms with Crippen molar-refractivity contribution in [2.24, 2.45) is 17.3 Å². The normalized spacial score (nSPS) is 18.0. The number of nitrogens with zero attached hydrogens (tertiary/aromatic N) is 2. The second-order valence-electron chi connectivity index (χ2n) is 17.9. The lowest BCUT2D eigenvalue weighted by atomic mass is 9.82. The first-order valence-electron chi connectivity index (χ1n) is 22.2. The fraction of sp³-hybridized carbons (Fsp3) is 0.596. The summed E-state index contributed by atoms with van der Waals surface area (Å²) in [5.41, 5.74) is 0.641. The Morgan fingerprint density at radius 3 is 1.85 bits per heavy atom. The van der Waals surface area contributed by atoms with Crippen molar-refractivity contribution in [1.82, 2.24) is 31.1 Å². The molecule has 2 aliphatic rings. The Morgan fingerprint density at radius 2 is 1.31 bits per heavy atom. The summed E-state index contributed by atoms with van der Waals surface area (Å²) < 4.78 is 11.1. The molecule has 4 rings (SSSR count). The third-order valence-corrected chi connectivity index (χ3v) is 11.4. The first-order chi connectivity index (χ1) is 29.5. The van der Waals surface area contributed by atoms with Crippen molar-refractivity contribution in [1.29, 1.82) is 0 Å². The van der Waals surface area contributed by atoms with Crippen molar-refractivity contribution in [2.75, 3.05) is 19.6 Å². The molecule has 0 aliphatic carbocycles. The molecule has 0 aromatic heterocycles. The summed E-state index contributed by atoms with van der Waals surface area (Å²) in [4.78, 5) is 102. The van der Waals surface area contributed by atoms with E-state index in [0.29, 0.717) is 44.3 Å². The predicted octanol–water partition coefficient (Wildman–Crippen LogP) is 5.01. The third kappa shape index (κ3) is 14.6. The SMILES string of the molecule is CCC(CC)NC(=O)N[C@H](C(=O)N1CCC[C@@H](C(=O)N2CCCC2)[C@H]1C(=O)N[C@@H](CC(=O)OCc1ccccc1)C(=O)N[C@@H](CC(C)C)C(=O)OCc1ccccc1)C(C)(C)C. The van der Waals surface area contributed by atoms with Crippen LogP contribution in [0.2, 0.25) is 0 Å². The molecule has 0 bridgehead atoms. The molecule has 0 radical (unpaired) electrons. The lowest BCUT2D eigenvalue weighted by molar-refractivity contribution is -0.155. The quantitative estimate of drug-likeness (QED) is 0.141. The fourth-order valence-corrected chi connectivity index (χ4v) is 7.88. The maximum absolute atomic E-state index is 14.9. The van der Waals surface area contributed by atoms with E-state index in [2.05, 4.69) is 21.3 Å². The van der Waals surface area contributed by atoms with Crippen LogP contribution < -0.4 is 21.3 Å². The highest BCUT2D eigenvalue weighted by Gasteiger charge is 2.48. The van der Waals surface area contributed by atoms with Gasteiger partial charge in [0.25, 0.3) is 0 Å². The Hall–Kier alpha value is -5.47. The highest BCUT2D eigenvalue weighted by Crippen LogP contribution is 2.31. The van der Waals surface area contributed by atoms with E-state index in [1.807, 2.05) is 52.0 Å². The maximum atomic E-state index is 14.9. The molecule has 62 heavy (non-hydrogen) atoms. The fourth-order valence-electron chi connectivity index (χ4n) is 7.88. The summed E-state index contributed by atoms with van der Waals surface area (Å²) in [6.45, 7) is 14.1. The number of carbonyl (C=O) groups excluding carboxylic acids is 7. The summed E-state index contributed by atoms with van der Waals surface area (Å²) >= 11 is 0. The van der Waals surface area contributed by atoms with Gasteiger partial charge in [-0.05, 0) is 67.4 Å². The molecule has 6 amide bonds. The minimum Gasteiger partial charge on any atom is -0.461 e. The van der Waals surface area contributed by atoms with Gasteiger partial charge in [-0.15, -0.1) is 0 Å². The number of ether oxygens (including phenoxy) is 2. The van der Waals surface area contributed by atoms with E-state index < -0.39 is 77.6 Å². The van der Waals surface area contributed by atoms with Crippen molar-refractivity contribution in [3.8, 4) is 0 Å². The average molecular weight is 861 g/mol. The molecule has 2 aromatic carbocycles. The van der Waals surface area contributed by atoms with Crippen molar-refractivity contribution < 1.29 is 43.0 Å². The molecule has 2 heterocycles. The summed E-state index contributed by atoms with van der Waals surface area (Å²) in [5.74, 6) is -5.04. The standard InChI is InChI=1S/C47H68N6O9/c1-8-34(9-2)48-46(60)51-40(47(5,6)7)44(58)53-26-18-23-35(43(57)52-24-16-17-25-52)39(53)42(56)49-36(28-38(54)61-29-32-19-12-10-13-20-32)41(55)50-37(27-31(3)4)45(59)62-30-33-21-14-11-15-22-33/h10-15,19-22,31,34-37,39-40H,8-9,16-18,23-30H2,1-7H3,(H,49,56)(H,50,55)(H2,48,51,60)/t35-,36+,37+,39+,40-/m1/s1. The molecule has 15 heteroatoms.